The third kappa shape index (κ3) is 3.56. The number of benzene rings is 1. The monoisotopic (exact) mass is 396 g/mol. The van der Waals surface area contributed by atoms with Crippen molar-refractivity contribution < 1.29 is 14.3 Å². The molecular weight excluding hydrogens is 380 g/mol. The molecule has 0 unspecified atom stereocenters. The van der Waals surface area contributed by atoms with Gasteiger partial charge < -0.3 is 14.8 Å². The number of hydrogen-bond donors (Lipinski definition) is 1. The molecule has 0 saturated heterocycles. The van der Waals surface area contributed by atoms with Crippen LogP contribution < -0.4 is 20.3 Å². The zero-order valence-corrected chi connectivity index (χ0v) is 15.6. The van der Waals surface area contributed by atoms with E-state index in [9.17, 15) is 9.59 Å². The quantitative estimate of drug-likeness (QED) is 0.388. The second-order valence-corrected chi connectivity index (χ2v) is 6.82. The molecule has 142 valence electrons. The summed E-state index contributed by atoms with van der Waals surface area (Å²) in [6, 6.07) is 8.55. The zero-order chi connectivity index (χ0) is 19.5. The molecule has 0 fully saturated rings. The van der Waals surface area contributed by atoms with Gasteiger partial charge in [0.2, 0.25) is 12.7 Å². The van der Waals surface area contributed by atoms with E-state index < -0.39 is 0 Å². The van der Waals surface area contributed by atoms with Gasteiger partial charge in [-0.25, -0.2) is 9.97 Å². The van der Waals surface area contributed by atoms with Gasteiger partial charge in [-0.2, -0.15) is 0 Å². The number of hydrogen-bond acceptors (Lipinski definition) is 7. The Bertz CT molecular complexity index is 1130. The first kappa shape index (κ1) is 18.1. The van der Waals surface area contributed by atoms with Crippen molar-refractivity contribution in [2.45, 2.75) is 11.7 Å². The molecule has 1 aliphatic heterocycles. The Labute approximate surface area is 164 Å². The molecule has 0 atom stereocenters. The number of rotatable bonds is 6. The summed E-state index contributed by atoms with van der Waals surface area (Å²) < 4.78 is 12.0. The smallest absolute Gasteiger partial charge is 0.263 e. The molecule has 0 radical (unpaired) electrons. The van der Waals surface area contributed by atoms with E-state index in [0.717, 1.165) is 11.8 Å². The van der Waals surface area contributed by atoms with Gasteiger partial charge >= 0.3 is 0 Å². The van der Waals surface area contributed by atoms with E-state index >= 15 is 0 Å². The summed E-state index contributed by atoms with van der Waals surface area (Å²) in [5.74, 6) is 1.08. The maximum atomic E-state index is 12.7. The normalized spacial score (nSPS) is 12.1. The van der Waals surface area contributed by atoms with Crippen LogP contribution in [0, 0.1) is 0 Å². The molecular formula is C19H16N4O4S. The highest BCUT2D eigenvalue weighted by molar-refractivity contribution is 7.99. The molecule has 1 aromatic carbocycles. The van der Waals surface area contributed by atoms with Gasteiger partial charge in [0.1, 0.15) is 0 Å². The zero-order valence-electron chi connectivity index (χ0n) is 14.8. The number of carbonyl (C=O) groups is 1. The van der Waals surface area contributed by atoms with E-state index in [4.69, 9.17) is 9.47 Å². The van der Waals surface area contributed by atoms with Gasteiger partial charge in [-0.1, -0.05) is 17.8 Å². The number of carbonyl (C=O) groups excluding carboxylic acids is 1. The van der Waals surface area contributed by atoms with Crippen molar-refractivity contribution in [3.05, 3.63) is 59.5 Å². The number of aromatic nitrogens is 3. The lowest BCUT2D eigenvalue weighted by molar-refractivity contribution is -0.113. The van der Waals surface area contributed by atoms with Crippen molar-refractivity contribution in [1.82, 2.24) is 14.5 Å². The third-order valence-corrected chi connectivity index (χ3v) is 4.97. The Morgan fingerprint density at radius 2 is 2.18 bits per heavy atom. The van der Waals surface area contributed by atoms with E-state index in [0.29, 0.717) is 39.9 Å². The van der Waals surface area contributed by atoms with E-state index in [1.54, 1.807) is 42.6 Å². The molecule has 1 N–H and O–H groups in total. The SMILES string of the molecule is C=CCn1c(SCC(=O)Nc2ccc3c(c2)OCO3)nc2ncccc2c1=O. The Morgan fingerprint density at radius 3 is 3.04 bits per heavy atom. The summed E-state index contributed by atoms with van der Waals surface area (Å²) in [5.41, 5.74) is 0.745. The minimum Gasteiger partial charge on any atom is -0.454 e. The number of allylic oxidation sites excluding steroid dienone is 1. The summed E-state index contributed by atoms with van der Waals surface area (Å²) >= 11 is 1.16. The van der Waals surface area contributed by atoms with Crippen LogP contribution in [0.1, 0.15) is 0 Å². The number of anilines is 1. The standard InChI is InChI=1S/C19H16N4O4S/c1-2-8-23-18(25)13-4-3-7-20-17(13)22-19(23)28-10-16(24)21-12-5-6-14-15(9-12)27-11-26-14/h2-7,9H,1,8,10-11H2,(H,21,24). The minimum atomic E-state index is -0.232. The number of nitrogens with zero attached hydrogens (tertiary/aromatic N) is 3. The van der Waals surface area contributed by atoms with Crippen LogP contribution in [-0.2, 0) is 11.3 Å². The lowest BCUT2D eigenvalue weighted by Gasteiger charge is -2.11. The average Bonchev–Trinajstić information content (AvgIpc) is 3.17. The fourth-order valence-electron chi connectivity index (χ4n) is 2.74. The molecule has 0 aliphatic carbocycles. The van der Waals surface area contributed by atoms with E-state index in [-0.39, 0.29) is 24.0 Å². The van der Waals surface area contributed by atoms with Crippen LogP contribution in [0.15, 0.2) is 59.1 Å². The Kier molecular flexibility index (Phi) is 4.98. The van der Waals surface area contributed by atoms with E-state index in [2.05, 4.69) is 21.9 Å². The predicted molar refractivity (Wildman–Crippen MR) is 106 cm³/mol. The summed E-state index contributed by atoms with van der Waals surface area (Å²) in [4.78, 5) is 33.6. The molecule has 2 aromatic heterocycles. The Balaban J connectivity index is 1.51. The highest BCUT2D eigenvalue weighted by Crippen LogP contribution is 2.34. The van der Waals surface area contributed by atoms with Crippen LogP contribution in [0.2, 0.25) is 0 Å². The van der Waals surface area contributed by atoms with Crippen LogP contribution >= 0.6 is 11.8 Å². The molecule has 0 spiro atoms. The maximum Gasteiger partial charge on any atom is 0.263 e. The number of amides is 1. The molecule has 3 aromatic rings. The second kappa shape index (κ2) is 7.73. The van der Waals surface area contributed by atoms with Crippen LogP contribution in [0.5, 0.6) is 11.5 Å². The van der Waals surface area contributed by atoms with Crippen LogP contribution in [-0.4, -0.2) is 33.0 Å². The van der Waals surface area contributed by atoms with Crippen molar-refractivity contribution in [3.63, 3.8) is 0 Å². The Hall–Kier alpha value is -3.33. The maximum absolute atomic E-state index is 12.7. The first-order valence-corrected chi connectivity index (χ1v) is 9.43. The van der Waals surface area contributed by atoms with Crippen molar-refractivity contribution >= 4 is 34.4 Å². The highest BCUT2D eigenvalue weighted by atomic mass is 32.2. The molecule has 4 rings (SSSR count). The first-order chi connectivity index (χ1) is 13.7. The molecule has 1 aliphatic rings. The van der Waals surface area contributed by atoms with Crippen molar-refractivity contribution in [2.75, 3.05) is 17.9 Å². The van der Waals surface area contributed by atoms with E-state index in [1.165, 1.54) is 4.57 Å². The summed E-state index contributed by atoms with van der Waals surface area (Å²) in [6.07, 6.45) is 3.19. The van der Waals surface area contributed by atoms with Gasteiger partial charge in [-0.05, 0) is 24.3 Å². The molecule has 8 nitrogen and oxygen atoms in total. The average molecular weight is 396 g/mol. The van der Waals surface area contributed by atoms with Crippen LogP contribution in [0.3, 0.4) is 0 Å². The van der Waals surface area contributed by atoms with Gasteiger partial charge in [-0.3, -0.25) is 14.2 Å². The minimum absolute atomic E-state index is 0.0797. The largest absolute Gasteiger partial charge is 0.454 e. The van der Waals surface area contributed by atoms with Crippen LogP contribution in [0.4, 0.5) is 5.69 Å². The van der Waals surface area contributed by atoms with Gasteiger partial charge in [0, 0.05) is 24.5 Å². The van der Waals surface area contributed by atoms with Gasteiger partial charge in [-0.15, -0.1) is 6.58 Å². The van der Waals surface area contributed by atoms with Crippen LogP contribution in [0.25, 0.3) is 11.0 Å². The second-order valence-electron chi connectivity index (χ2n) is 5.88. The molecule has 0 bridgehead atoms. The number of ether oxygens (including phenoxy) is 2. The first-order valence-electron chi connectivity index (χ1n) is 8.44. The topological polar surface area (TPSA) is 95.3 Å². The molecule has 0 saturated carbocycles. The highest BCUT2D eigenvalue weighted by Gasteiger charge is 2.16. The van der Waals surface area contributed by atoms with Gasteiger partial charge in [0.15, 0.2) is 22.3 Å². The summed E-state index contributed by atoms with van der Waals surface area (Å²) in [6.45, 7) is 4.15. The lowest BCUT2D eigenvalue weighted by Crippen LogP contribution is -2.24. The molecule has 1 amide bonds. The van der Waals surface area contributed by atoms with Crippen molar-refractivity contribution in [2.24, 2.45) is 0 Å². The van der Waals surface area contributed by atoms with Crippen molar-refractivity contribution in [3.8, 4) is 11.5 Å². The number of pyridine rings is 1. The Morgan fingerprint density at radius 1 is 1.32 bits per heavy atom. The van der Waals surface area contributed by atoms with E-state index in [1.807, 2.05) is 0 Å². The molecule has 3 heterocycles. The van der Waals surface area contributed by atoms with Crippen molar-refractivity contribution in [1.29, 1.82) is 0 Å². The lowest BCUT2D eigenvalue weighted by atomic mass is 10.3. The summed E-state index contributed by atoms with van der Waals surface area (Å²) in [5, 5.41) is 3.64. The number of nitrogens with one attached hydrogen (secondary N) is 1. The predicted octanol–water partition coefficient (Wildman–Crippen LogP) is 2.44. The fourth-order valence-corrected chi connectivity index (χ4v) is 3.53. The number of thioether (sulfide) groups is 1. The number of fused-ring (bicyclic) bond motifs is 2. The summed E-state index contributed by atoms with van der Waals surface area (Å²) in [7, 11) is 0. The van der Waals surface area contributed by atoms with Gasteiger partial charge in [0.25, 0.3) is 5.56 Å². The fraction of sp³-hybridized carbons (Fsp3) is 0.158. The molecule has 9 heteroatoms. The van der Waals surface area contributed by atoms with Gasteiger partial charge in [0.05, 0.1) is 11.1 Å². The third-order valence-electron chi connectivity index (χ3n) is 4.00. The molecule has 28 heavy (non-hydrogen) atoms.